The highest BCUT2D eigenvalue weighted by Gasteiger charge is 2.22. The maximum atomic E-state index is 13.6. The van der Waals surface area contributed by atoms with Crippen molar-refractivity contribution in [1.29, 1.82) is 0 Å². The lowest BCUT2D eigenvalue weighted by atomic mass is 9.77. The summed E-state index contributed by atoms with van der Waals surface area (Å²) in [6.45, 7) is 2.28. The van der Waals surface area contributed by atoms with Crippen molar-refractivity contribution in [2.75, 3.05) is 0 Å². The molecule has 0 spiro atoms. The van der Waals surface area contributed by atoms with Crippen LogP contribution in [-0.2, 0) is 6.42 Å². The Hall–Kier alpha value is -1.96. The highest BCUT2D eigenvalue weighted by molar-refractivity contribution is 5.84. The Labute approximate surface area is 174 Å². The molecule has 4 rings (SSSR count). The Morgan fingerprint density at radius 1 is 0.862 bits per heavy atom. The van der Waals surface area contributed by atoms with Gasteiger partial charge in [0.05, 0.1) is 0 Å². The fourth-order valence-corrected chi connectivity index (χ4v) is 5.15. The molecule has 29 heavy (non-hydrogen) atoms. The van der Waals surface area contributed by atoms with Gasteiger partial charge < -0.3 is 0 Å². The average Bonchev–Trinajstić information content (AvgIpc) is 2.75. The molecule has 2 aromatic rings. The molecule has 0 aromatic heterocycles. The van der Waals surface area contributed by atoms with Crippen LogP contribution < -0.4 is 0 Å². The predicted molar refractivity (Wildman–Crippen MR) is 118 cm³/mol. The lowest BCUT2D eigenvalue weighted by molar-refractivity contribution is 0.303. The molecular weight excluding hydrogens is 362 g/mol. The van der Waals surface area contributed by atoms with Crippen LogP contribution in [-0.4, -0.2) is 0 Å². The summed E-state index contributed by atoms with van der Waals surface area (Å²) in [5.41, 5.74) is 5.60. The van der Waals surface area contributed by atoms with E-state index in [0.29, 0.717) is 5.92 Å². The van der Waals surface area contributed by atoms with E-state index < -0.39 is 11.6 Å². The Kier molecular flexibility index (Phi) is 6.47. The predicted octanol–water partition coefficient (Wildman–Crippen LogP) is 8.31. The second kappa shape index (κ2) is 9.24. The van der Waals surface area contributed by atoms with Crippen molar-refractivity contribution in [2.24, 2.45) is 5.92 Å². The molecule has 0 radical (unpaired) electrons. The van der Waals surface area contributed by atoms with E-state index in [1.807, 2.05) is 6.08 Å². The van der Waals surface area contributed by atoms with Gasteiger partial charge in [-0.3, -0.25) is 0 Å². The third-order valence-electron chi connectivity index (χ3n) is 6.99. The molecule has 0 heterocycles. The molecule has 1 saturated carbocycles. The summed E-state index contributed by atoms with van der Waals surface area (Å²) in [4.78, 5) is 0. The first-order valence-electron chi connectivity index (χ1n) is 11.4. The van der Waals surface area contributed by atoms with Crippen molar-refractivity contribution in [3.8, 4) is 0 Å². The Morgan fingerprint density at radius 2 is 1.59 bits per heavy atom. The van der Waals surface area contributed by atoms with Gasteiger partial charge in [-0.15, -0.1) is 0 Å². The van der Waals surface area contributed by atoms with Crippen LogP contribution in [0.15, 0.2) is 36.4 Å². The maximum Gasteiger partial charge on any atom is 0.159 e. The van der Waals surface area contributed by atoms with Gasteiger partial charge >= 0.3 is 0 Å². The lowest BCUT2D eigenvalue weighted by Crippen LogP contribution is -2.13. The Bertz CT molecular complexity index is 855. The lowest BCUT2D eigenvalue weighted by Gasteiger charge is -2.29. The minimum atomic E-state index is -0.762. The van der Waals surface area contributed by atoms with Crippen LogP contribution in [0.1, 0.15) is 92.9 Å². The van der Waals surface area contributed by atoms with E-state index in [0.717, 1.165) is 29.9 Å². The summed E-state index contributed by atoms with van der Waals surface area (Å²) in [7, 11) is 0. The van der Waals surface area contributed by atoms with Gasteiger partial charge in [0, 0.05) is 0 Å². The van der Waals surface area contributed by atoms with Gasteiger partial charge in [-0.25, -0.2) is 8.78 Å². The zero-order valence-electron chi connectivity index (χ0n) is 17.5. The van der Waals surface area contributed by atoms with Crippen LogP contribution in [0.25, 0.3) is 11.6 Å². The van der Waals surface area contributed by atoms with Crippen LogP contribution in [0.3, 0.4) is 0 Å². The maximum absolute atomic E-state index is 13.6. The molecule has 1 fully saturated rings. The largest absolute Gasteiger partial charge is 0.204 e. The van der Waals surface area contributed by atoms with Crippen LogP contribution >= 0.6 is 0 Å². The van der Waals surface area contributed by atoms with Crippen LogP contribution in [0.4, 0.5) is 8.78 Å². The van der Waals surface area contributed by atoms with Crippen LogP contribution in [0, 0.1) is 17.6 Å². The molecule has 0 N–H and O–H groups in total. The van der Waals surface area contributed by atoms with Gasteiger partial charge in [-0.1, -0.05) is 62.9 Å². The summed E-state index contributed by atoms with van der Waals surface area (Å²) in [6, 6.07) is 11.7. The van der Waals surface area contributed by atoms with Crippen molar-refractivity contribution >= 4 is 11.6 Å². The highest BCUT2D eigenvalue weighted by atomic mass is 19.2. The highest BCUT2D eigenvalue weighted by Crippen LogP contribution is 2.38. The van der Waals surface area contributed by atoms with Gasteiger partial charge in [0.2, 0.25) is 0 Å². The van der Waals surface area contributed by atoms with E-state index in [-0.39, 0.29) is 0 Å². The first-order valence-corrected chi connectivity index (χ1v) is 11.4. The first kappa shape index (κ1) is 20.3. The molecule has 0 nitrogen and oxygen atoms in total. The Morgan fingerprint density at radius 3 is 2.31 bits per heavy atom. The number of aryl methyl sites for hydroxylation is 1. The summed E-state index contributed by atoms with van der Waals surface area (Å²) < 4.78 is 27.1. The molecule has 154 valence electrons. The van der Waals surface area contributed by atoms with Crippen molar-refractivity contribution in [2.45, 2.75) is 77.0 Å². The number of hydrogen-bond donors (Lipinski definition) is 0. The van der Waals surface area contributed by atoms with E-state index in [9.17, 15) is 8.78 Å². The minimum absolute atomic E-state index is 0.699. The number of allylic oxidation sites excluding steroid dienone is 1. The summed E-state index contributed by atoms with van der Waals surface area (Å²) in [6.07, 6.45) is 14.6. The second-order valence-corrected chi connectivity index (χ2v) is 8.97. The van der Waals surface area contributed by atoms with Crippen molar-refractivity contribution in [1.82, 2.24) is 0 Å². The molecule has 2 aliphatic carbocycles. The standard InChI is InChI=1S/C27H32F2/c1-2-3-4-5-19-6-8-20(9-7-19)21-10-12-22(13-11-21)23-14-15-24-17-26(28)27(29)18-25(24)16-23/h10-13,16-20H,2-9,14-15H2,1H3. The molecular formula is C27H32F2. The molecule has 0 unspecified atom stereocenters. The molecule has 2 aliphatic rings. The molecule has 2 heteroatoms. The molecule has 0 amide bonds. The number of rotatable bonds is 6. The molecule has 0 bridgehead atoms. The topological polar surface area (TPSA) is 0 Å². The van der Waals surface area contributed by atoms with E-state index in [1.54, 1.807) is 0 Å². The summed E-state index contributed by atoms with van der Waals surface area (Å²) in [5, 5.41) is 0. The summed E-state index contributed by atoms with van der Waals surface area (Å²) >= 11 is 0. The van der Waals surface area contributed by atoms with E-state index in [2.05, 4.69) is 31.2 Å². The summed E-state index contributed by atoms with van der Waals surface area (Å²) in [5.74, 6) is 0.131. The molecule has 0 saturated heterocycles. The number of fused-ring (bicyclic) bond motifs is 1. The fourth-order valence-electron chi connectivity index (χ4n) is 5.15. The normalized spacial score (nSPS) is 21.6. The zero-order chi connectivity index (χ0) is 20.2. The number of benzene rings is 2. The second-order valence-electron chi connectivity index (χ2n) is 8.97. The van der Waals surface area contributed by atoms with Gasteiger partial charge in [0.1, 0.15) is 0 Å². The monoisotopic (exact) mass is 394 g/mol. The fraction of sp³-hybridized carbons (Fsp3) is 0.481. The van der Waals surface area contributed by atoms with E-state index in [4.69, 9.17) is 0 Å². The third kappa shape index (κ3) is 4.79. The Balaban J connectivity index is 1.40. The van der Waals surface area contributed by atoms with E-state index in [1.165, 1.54) is 80.2 Å². The number of hydrogen-bond acceptors (Lipinski definition) is 0. The van der Waals surface area contributed by atoms with Crippen LogP contribution in [0.5, 0.6) is 0 Å². The smallest absolute Gasteiger partial charge is 0.159 e. The van der Waals surface area contributed by atoms with Gasteiger partial charge in [0.25, 0.3) is 0 Å². The van der Waals surface area contributed by atoms with Gasteiger partial charge in [-0.2, -0.15) is 0 Å². The number of unbranched alkanes of at least 4 members (excludes halogenated alkanes) is 2. The van der Waals surface area contributed by atoms with Crippen molar-refractivity contribution in [3.63, 3.8) is 0 Å². The molecule has 0 aliphatic heterocycles. The quantitative estimate of drug-likeness (QED) is 0.432. The van der Waals surface area contributed by atoms with Crippen molar-refractivity contribution < 1.29 is 8.78 Å². The minimum Gasteiger partial charge on any atom is -0.204 e. The molecule has 2 aromatic carbocycles. The van der Waals surface area contributed by atoms with Gasteiger partial charge in [-0.05, 0) is 90.3 Å². The number of halogens is 2. The van der Waals surface area contributed by atoms with E-state index >= 15 is 0 Å². The average molecular weight is 395 g/mol. The molecule has 0 atom stereocenters. The SMILES string of the molecule is CCCCCC1CCC(c2ccc(C3=Cc4cc(F)c(F)cc4CC3)cc2)CC1. The third-order valence-corrected chi connectivity index (χ3v) is 6.99. The van der Waals surface area contributed by atoms with Gasteiger partial charge in [0.15, 0.2) is 11.6 Å². The zero-order valence-corrected chi connectivity index (χ0v) is 17.5. The van der Waals surface area contributed by atoms with Crippen LogP contribution in [0.2, 0.25) is 0 Å². The first-order chi connectivity index (χ1) is 14.1. The van der Waals surface area contributed by atoms with Crippen molar-refractivity contribution in [3.05, 3.63) is 70.3 Å².